The van der Waals surface area contributed by atoms with Crippen LogP contribution < -0.4 is 0 Å². The topological polar surface area (TPSA) is 17.1 Å². The van der Waals surface area contributed by atoms with Crippen LogP contribution in [0.25, 0.3) is 0 Å². The van der Waals surface area contributed by atoms with Crippen molar-refractivity contribution in [2.45, 2.75) is 47.5 Å². The Kier molecular flexibility index (Phi) is 4.50. The van der Waals surface area contributed by atoms with Crippen LogP contribution in [0.4, 0.5) is 0 Å². The van der Waals surface area contributed by atoms with Gasteiger partial charge in [0.2, 0.25) is 0 Å². The Hall–Kier alpha value is 0.0200. The van der Waals surface area contributed by atoms with E-state index in [4.69, 9.17) is 0 Å². The molecule has 0 saturated heterocycles. The van der Waals surface area contributed by atoms with E-state index in [-0.39, 0.29) is 10.8 Å². The molecule has 2 heteroatoms. The second-order valence-corrected chi connectivity index (χ2v) is 5.85. The second-order valence-electron chi connectivity index (χ2n) is 5.07. The van der Waals surface area contributed by atoms with E-state index >= 15 is 0 Å². The molecule has 0 aliphatic heterocycles. The van der Waals surface area contributed by atoms with Gasteiger partial charge in [0, 0.05) is 5.41 Å². The van der Waals surface area contributed by atoms with E-state index < -0.39 is 0 Å². The average Bonchev–Trinajstić information content (AvgIpc) is 2.01. The molecule has 0 bridgehead atoms. The highest BCUT2D eigenvalue weighted by molar-refractivity contribution is 8.13. The first-order valence-electron chi connectivity index (χ1n) is 4.83. The number of carbonyl (C=O) groups excluding carboxylic acids is 1. The first kappa shape index (κ1) is 13.0. The maximum absolute atomic E-state index is 11.6. The quantitative estimate of drug-likeness (QED) is 0.691. The third kappa shape index (κ3) is 4.17. The van der Waals surface area contributed by atoms with E-state index in [0.717, 1.165) is 12.8 Å². The van der Waals surface area contributed by atoms with Crippen molar-refractivity contribution in [2.24, 2.45) is 10.8 Å². The smallest absolute Gasteiger partial charge is 0.194 e. The van der Waals surface area contributed by atoms with Crippen molar-refractivity contribution >= 4 is 16.9 Å². The maximum atomic E-state index is 11.6. The molecule has 0 saturated carbocycles. The van der Waals surface area contributed by atoms with Crippen LogP contribution in [0.3, 0.4) is 0 Å². The zero-order valence-corrected chi connectivity index (χ0v) is 10.5. The summed E-state index contributed by atoms with van der Waals surface area (Å²) in [6, 6.07) is 0. The van der Waals surface area contributed by atoms with E-state index in [2.05, 4.69) is 20.8 Å². The van der Waals surface area contributed by atoms with Gasteiger partial charge >= 0.3 is 0 Å². The summed E-state index contributed by atoms with van der Waals surface area (Å²) in [5.41, 5.74) is 0.0911. The molecule has 0 aromatic carbocycles. The number of rotatable bonds is 4. The number of hydrogen-bond acceptors (Lipinski definition) is 2. The minimum absolute atomic E-state index is 0.182. The molecule has 78 valence electrons. The Bertz CT molecular complexity index is 183. The predicted octanol–water partition coefficient (Wildman–Crippen LogP) is 3.73. The second kappa shape index (κ2) is 4.50. The lowest BCUT2D eigenvalue weighted by Gasteiger charge is -2.32. The Labute approximate surface area is 86.7 Å². The summed E-state index contributed by atoms with van der Waals surface area (Å²) in [7, 11) is 0. The highest BCUT2D eigenvalue weighted by Gasteiger charge is 2.32. The van der Waals surface area contributed by atoms with Gasteiger partial charge in [0.15, 0.2) is 5.12 Å². The largest absolute Gasteiger partial charge is 0.287 e. The van der Waals surface area contributed by atoms with Crippen molar-refractivity contribution in [3.05, 3.63) is 0 Å². The Morgan fingerprint density at radius 1 is 1.23 bits per heavy atom. The van der Waals surface area contributed by atoms with Gasteiger partial charge in [-0.2, -0.15) is 0 Å². The molecule has 0 aromatic rings. The summed E-state index contributed by atoms with van der Waals surface area (Å²) in [5.74, 6) is 0. The average molecular weight is 202 g/mol. The summed E-state index contributed by atoms with van der Waals surface area (Å²) in [6.07, 6.45) is 3.96. The van der Waals surface area contributed by atoms with Crippen molar-refractivity contribution in [3.63, 3.8) is 0 Å². The lowest BCUT2D eigenvalue weighted by Crippen LogP contribution is -2.28. The fourth-order valence-electron chi connectivity index (χ4n) is 1.67. The van der Waals surface area contributed by atoms with E-state index in [1.165, 1.54) is 11.8 Å². The molecule has 0 radical (unpaired) electrons. The van der Waals surface area contributed by atoms with E-state index in [9.17, 15) is 4.79 Å². The first-order valence-corrected chi connectivity index (χ1v) is 6.06. The molecule has 0 unspecified atom stereocenters. The third-order valence-corrected chi connectivity index (χ3v) is 3.54. The van der Waals surface area contributed by atoms with Gasteiger partial charge in [-0.3, -0.25) is 4.79 Å². The monoisotopic (exact) mass is 202 g/mol. The minimum atomic E-state index is -0.182. The third-order valence-electron chi connectivity index (χ3n) is 2.62. The number of thioether (sulfide) groups is 1. The molecule has 0 aliphatic rings. The van der Waals surface area contributed by atoms with Crippen LogP contribution in [0.5, 0.6) is 0 Å². The molecule has 1 nitrogen and oxygen atoms in total. The van der Waals surface area contributed by atoms with Crippen molar-refractivity contribution in [1.29, 1.82) is 0 Å². The van der Waals surface area contributed by atoms with E-state index in [1.54, 1.807) is 0 Å². The van der Waals surface area contributed by atoms with Gasteiger partial charge in [-0.15, -0.1) is 0 Å². The highest BCUT2D eigenvalue weighted by Crippen LogP contribution is 2.38. The van der Waals surface area contributed by atoms with Crippen molar-refractivity contribution in [1.82, 2.24) is 0 Å². The van der Waals surface area contributed by atoms with Crippen molar-refractivity contribution in [3.8, 4) is 0 Å². The number of carbonyl (C=O) groups is 1. The standard InChI is InChI=1S/C11H22OS/c1-7-10(2,3)8-11(4,5)9(12)13-6/h7-8H2,1-6H3. The van der Waals surface area contributed by atoms with Crippen LogP contribution in [0.15, 0.2) is 0 Å². The van der Waals surface area contributed by atoms with Gasteiger partial charge < -0.3 is 0 Å². The fourth-order valence-corrected chi connectivity index (χ4v) is 2.29. The van der Waals surface area contributed by atoms with Crippen molar-refractivity contribution in [2.75, 3.05) is 6.26 Å². The van der Waals surface area contributed by atoms with Crippen LogP contribution >= 0.6 is 11.8 Å². The Morgan fingerprint density at radius 3 is 2.00 bits per heavy atom. The Morgan fingerprint density at radius 2 is 1.69 bits per heavy atom. The maximum Gasteiger partial charge on any atom is 0.194 e. The molecule has 13 heavy (non-hydrogen) atoms. The molecular weight excluding hydrogens is 180 g/mol. The van der Waals surface area contributed by atoms with Gasteiger partial charge in [0.1, 0.15) is 0 Å². The fraction of sp³-hybridized carbons (Fsp3) is 0.909. The molecule has 0 fully saturated rings. The molecule has 0 atom stereocenters. The summed E-state index contributed by atoms with van der Waals surface area (Å²) in [6.45, 7) is 10.7. The van der Waals surface area contributed by atoms with Gasteiger partial charge in [-0.05, 0) is 18.1 Å². The summed E-state index contributed by atoms with van der Waals surface area (Å²) in [5, 5.41) is 0.300. The van der Waals surface area contributed by atoms with Crippen LogP contribution in [-0.4, -0.2) is 11.4 Å². The van der Waals surface area contributed by atoms with Gasteiger partial charge in [0.05, 0.1) is 0 Å². The zero-order valence-electron chi connectivity index (χ0n) is 9.73. The molecule has 0 aliphatic carbocycles. The SMILES string of the molecule is CCC(C)(C)CC(C)(C)C(=O)SC. The molecule has 0 spiro atoms. The van der Waals surface area contributed by atoms with Crippen LogP contribution in [-0.2, 0) is 4.79 Å². The van der Waals surface area contributed by atoms with Crippen LogP contribution in [0.1, 0.15) is 47.5 Å². The lowest BCUT2D eigenvalue weighted by molar-refractivity contribution is -0.119. The molecule has 0 rings (SSSR count). The predicted molar refractivity (Wildman–Crippen MR) is 61.0 cm³/mol. The normalized spacial score (nSPS) is 13.1. The molecular formula is C11H22OS. The Balaban J connectivity index is 4.41. The van der Waals surface area contributed by atoms with Gasteiger partial charge in [-0.1, -0.05) is 52.8 Å². The summed E-state index contributed by atoms with van der Waals surface area (Å²) < 4.78 is 0. The molecule has 0 N–H and O–H groups in total. The molecule has 0 heterocycles. The van der Waals surface area contributed by atoms with Crippen LogP contribution in [0, 0.1) is 10.8 Å². The first-order chi connectivity index (χ1) is 5.75. The minimum Gasteiger partial charge on any atom is -0.287 e. The summed E-state index contributed by atoms with van der Waals surface area (Å²) >= 11 is 1.34. The zero-order chi connectivity index (χ0) is 10.7. The molecule has 0 aromatic heterocycles. The highest BCUT2D eigenvalue weighted by atomic mass is 32.2. The van der Waals surface area contributed by atoms with Crippen LogP contribution in [0.2, 0.25) is 0 Å². The van der Waals surface area contributed by atoms with E-state index in [1.807, 2.05) is 20.1 Å². The van der Waals surface area contributed by atoms with E-state index in [0.29, 0.717) is 5.12 Å². The molecule has 0 amide bonds. The summed E-state index contributed by atoms with van der Waals surface area (Å²) in [4.78, 5) is 11.6. The lowest BCUT2D eigenvalue weighted by atomic mass is 9.74. The van der Waals surface area contributed by atoms with Gasteiger partial charge in [-0.25, -0.2) is 0 Å². The van der Waals surface area contributed by atoms with Crippen molar-refractivity contribution < 1.29 is 4.79 Å². The number of hydrogen-bond donors (Lipinski definition) is 0. The van der Waals surface area contributed by atoms with Gasteiger partial charge in [0.25, 0.3) is 0 Å².